The maximum atomic E-state index is 12.2. The van der Waals surface area contributed by atoms with Crippen molar-refractivity contribution in [3.63, 3.8) is 0 Å². The first-order chi connectivity index (χ1) is 11.8. The Labute approximate surface area is 160 Å². The number of carbonyl (C=O) groups is 2. The summed E-state index contributed by atoms with van der Waals surface area (Å²) in [5.41, 5.74) is 9.37. The van der Waals surface area contributed by atoms with Crippen LogP contribution in [0.15, 0.2) is 42.5 Å². The first kappa shape index (κ1) is 21.5. The second-order valence-corrected chi connectivity index (χ2v) is 6.60. The Kier molecular flexibility index (Phi) is 8.13. The van der Waals surface area contributed by atoms with Crippen LogP contribution in [0.2, 0.25) is 0 Å². The quantitative estimate of drug-likeness (QED) is 0.675. The van der Waals surface area contributed by atoms with Crippen LogP contribution in [0, 0.1) is 12.8 Å². The number of nitrogens with two attached hydrogens (primary N) is 1. The highest BCUT2D eigenvalue weighted by molar-refractivity contribution is 5.97. The fraction of sp³-hybridized carbons (Fsp3) is 0.300. The average molecular weight is 376 g/mol. The summed E-state index contributed by atoms with van der Waals surface area (Å²) in [7, 11) is 0. The number of benzene rings is 2. The standard InChI is InChI=1S/C20H25N3O2.ClH/c1-13(2)12-22-20(25)16-6-9-18(14(3)10-16)23-19(24)11-15-4-7-17(21)8-5-15;/h4-10,13H,11-12,21H2,1-3H3,(H,22,25)(H,23,24);1H. The van der Waals surface area contributed by atoms with Crippen LogP contribution in [-0.2, 0) is 11.2 Å². The van der Waals surface area contributed by atoms with Crippen LogP contribution in [0.25, 0.3) is 0 Å². The fourth-order valence-corrected chi connectivity index (χ4v) is 2.36. The minimum atomic E-state index is -0.107. The lowest BCUT2D eigenvalue weighted by molar-refractivity contribution is -0.115. The van der Waals surface area contributed by atoms with Gasteiger partial charge in [-0.3, -0.25) is 9.59 Å². The molecule has 0 aliphatic rings. The van der Waals surface area contributed by atoms with Crippen LogP contribution in [-0.4, -0.2) is 18.4 Å². The molecule has 26 heavy (non-hydrogen) atoms. The number of hydrogen-bond acceptors (Lipinski definition) is 3. The zero-order chi connectivity index (χ0) is 18.4. The number of anilines is 2. The lowest BCUT2D eigenvalue weighted by atomic mass is 10.1. The van der Waals surface area contributed by atoms with E-state index < -0.39 is 0 Å². The van der Waals surface area contributed by atoms with Gasteiger partial charge in [0.15, 0.2) is 0 Å². The van der Waals surface area contributed by atoms with Gasteiger partial charge < -0.3 is 16.4 Å². The van der Waals surface area contributed by atoms with Crippen molar-refractivity contribution in [1.82, 2.24) is 5.32 Å². The van der Waals surface area contributed by atoms with E-state index in [1.807, 2.05) is 32.9 Å². The summed E-state index contributed by atoms with van der Waals surface area (Å²) in [4.78, 5) is 24.3. The highest BCUT2D eigenvalue weighted by Gasteiger charge is 2.10. The number of rotatable bonds is 6. The van der Waals surface area contributed by atoms with Crippen molar-refractivity contribution in [2.24, 2.45) is 5.92 Å². The van der Waals surface area contributed by atoms with Crippen molar-refractivity contribution in [1.29, 1.82) is 0 Å². The van der Waals surface area contributed by atoms with E-state index in [0.29, 0.717) is 29.4 Å². The molecule has 0 aromatic heterocycles. The third-order valence-corrected chi connectivity index (χ3v) is 3.78. The van der Waals surface area contributed by atoms with Crippen LogP contribution in [0.5, 0.6) is 0 Å². The average Bonchev–Trinajstić information content (AvgIpc) is 2.56. The molecule has 0 saturated heterocycles. The molecule has 0 unspecified atom stereocenters. The lowest BCUT2D eigenvalue weighted by Gasteiger charge is -2.12. The molecular weight excluding hydrogens is 350 g/mol. The van der Waals surface area contributed by atoms with Crippen LogP contribution in [0.1, 0.15) is 35.3 Å². The van der Waals surface area contributed by atoms with Gasteiger partial charge in [0.1, 0.15) is 0 Å². The van der Waals surface area contributed by atoms with Gasteiger partial charge in [0.25, 0.3) is 5.91 Å². The maximum absolute atomic E-state index is 12.2. The summed E-state index contributed by atoms with van der Waals surface area (Å²) in [5, 5.41) is 5.77. The number of amides is 2. The number of nitrogens with one attached hydrogen (secondary N) is 2. The Balaban J connectivity index is 0.00000338. The van der Waals surface area contributed by atoms with Crippen molar-refractivity contribution < 1.29 is 9.59 Å². The van der Waals surface area contributed by atoms with Crippen LogP contribution < -0.4 is 16.4 Å². The molecule has 2 amide bonds. The molecular formula is C20H26ClN3O2. The van der Waals surface area contributed by atoms with E-state index in [1.54, 1.807) is 30.3 Å². The SMILES string of the molecule is Cc1cc(C(=O)NCC(C)C)ccc1NC(=O)Cc1ccc(N)cc1.Cl. The number of nitrogen functional groups attached to an aromatic ring is 1. The largest absolute Gasteiger partial charge is 0.399 e. The summed E-state index contributed by atoms with van der Waals surface area (Å²) < 4.78 is 0. The molecule has 140 valence electrons. The van der Waals surface area contributed by atoms with E-state index in [-0.39, 0.29) is 30.6 Å². The molecule has 0 radical (unpaired) electrons. The van der Waals surface area contributed by atoms with Crippen molar-refractivity contribution in [2.75, 3.05) is 17.6 Å². The maximum Gasteiger partial charge on any atom is 0.251 e. The fourth-order valence-electron chi connectivity index (χ4n) is 2.36. The van der Waals surface area contributed by atoms with Gasteiger partial charge in [-0.2, -0.15) is 0 Å². The Morgan fingerprint density at radius 3 is 2.31 bits per heavy atom. The Morgan fingerprint density at radius 2 is 1.73 bits per heavy atom. The molecule has 0 aliphatic heterocycles. The first-order valence-corrected chi connectivity index (χ1v) is 8.38. The van der Waals surface area contributed by atoms with Gasteiger partial charge in [0.05, 0.1) is 6.42 Å². The molecule has 4 N–H and O–H groups in total. The summed E-state index contributed by atoms with van der Waals surface area (Å²) in [6.07, 6.45) is 0.274. The Morgan fingerprint density at radius 1 is 1.08 bits per heavy atom. The predicted octanol–water partition coefficient (Wildman–Crippen LogP) is 3.57. The van der Waals surface area contributed by atoms with Gasteiger partial charge in [0.2, 0.25) is 5.91 Å². The molecule has 0 aliphatic carbocycles. The topological polar surface area (TPSA) is 84.2 Å². The molecule has 5 nitrogen and oxygen atoms in total. The molecule has 0 heterocycles. The minimum absolute atomic E-state index is 0. The van der Waals surface area contributed by atoms with Gasteiger partial charge >= 0.3 is 0 Å². The van der Waals surface area contributed by atoms with Crippen LogP contribution >= 0.6 is 12.4 Å². The van der Waals surface area contributed by atoms with E-state index in [2.05, 4.69) is 10.6 Å². The van der Waals surface area contributed by atoms with Crippen molar-refractivity contribution >= 4 is 35.6 Å². The van der Waals surface area contributed by atoms with E-state index in [4.69, 9.17) is 5.73 Å². The van der Waals surface area contributed by atoms with E-state index in [0.717, 1.165) is 11.1 Å². The minimum Gasteiger partial charge on any atom is -0.399 e. The molecule has 0 fully saturated rings. The summed E-state index contributed by atoms with van der Waals surface area (Å²) in [6.45, 7) is 6.60. The molecule has 2 aromatic carbocycles. The summed E-state index contributed by atoms with van der Waals surface area (Å²) >= 11 is 0. The van der Waals surface area contributed by atoms with Crippen molar-refractivity contribution in [3.8, 4) is 0 Å². The molecule has 0 spiro atoms. The smallest absolute Gasteiger partial charge is 0.251 e. The second kappa shape index (κ2) is 9.82. The molecule has 0 atom stereocenters. The van der Waals surface area contributed by atoms with Crippen molar-refractivity contribution in [3.05, 3.63) is 59.2 Å². The van der Waals surface area contributed by atoms with Gasteiger partial charge in [0, 0.05) is 23.5 Å². The van der Waals surface area contributed by atoms with E-state index in [1.165, 1.54) is 0 Å². The lowest BCUT2D eigenvalue weighted by Crippen LogP contribution is -2.27. The highest BCUT2D eigenvalue weighted by Crippen LogP contribution is 2.17. The normalized spacial score (nSPS) is 10.2. The summed E-state index contributed by atoms with van der Waals surface area (Å²) in [6, 6.07) is 12.5. The van der Waals surface area contributed by atoms with Crippen LogP contribution in [0.4, 0.5) is 11.4 Å². The molecule has 0 bridgehead atoms. The molecule has 0 saturated carbocycles. The van der Waals surface area contributed by atoms with E-state index >= 15 is 0 Å². The van der Waals surface area contributed by atoms with Gasteiger partial charge in [-0.25, -0.2) is 0 Å². The molecule has 2 rings (SSSR count). The van der Waals surface area contributed by atoms with Gasteiger partial charge in [-0.05, 0) is 54.3 Å². The molecule has 2 aromatic rings. The first-order valence-electron chi connectivity index (χ1n) is 8.38. The Bertz CT molecular complexity index is 758. The third-order valence-electron chi connectivity index (χ3n) is 3.78. The number of hydrogen-bond donors (Lipinski definition) is 3. The summed E-state index contributed by atoms with van der Waals surface area (Å²) in [5.74, 6) is 0.193. The third kappa shape index (κ3) is 6.41. The van der Waals surface area contributed by atoms with Gasteiger partial charge in [-0.15, -0.1) is 12.4 Å². The van der Waals surface area contributed by atoms with E-state index in [9.17, 15) is 9.59 Å². The monoisotopic (exact) mass is 375 g/mol. The zero-order valence-corrected chi connectivity index (χ0v) is 16.2. The number of carbonyl (C=O) groups excluding carboxylic acids is 2. The van der Waals surface area contributed by atoms with Crippen molar-refractivity contribution in [2.45, 2.75) is 27.2 Å². The predicted molar refractivity (Wildman–Crippen MR) is 109 cm³/mol. The van der Waals surface area contributed by atoms with Crippen LogP contribution in [0.3, 0.4) is 0 Å². The number of aryl methyl sites for hydroxylation is 1. The van der Waals surface area contributed by atoms with Gasteiger partial charge in [-0.1, -0.05) is 26.0 Å². The Hall–Kier alpha value is -2.53. The highest BCUT2D eigenvalue weighted by atomic mass is 35.5. The zero-order valence-electron chi connectivity index (χ0n) is 15.3. The second-order valence-electron chi connectivity index (χ2n) is 6.60. The number of halogens is 1. The molecule has 6 heteroatoms.